The molecule has 0 aromatic carbocycles. The Morgan fingerprint density at radius 2 is 2.55 bits per heavy atom. The molecule has 0 atom stereocenters. The van der Waals surface area contributed by atoms with Gasteiger partial charge in [-0.05, 0) is 13.0 Å². The molecule has 0 radical (unpaired) electrons. The van der Waals surface area contributed by atoms with E-state index < -0.39 is 0 Å². The topological polar surface area (TPSA) is 29.9 Å². The van der Waals surface area contributed by atoms with Gasteiger partial charge in [0, 0.05) is 31.7 Å². The van der Waals surface area contributed by atoms with Gasteiger partial charge in [0.15, 0.2) is 0 Å². The molecule has 0 bridgehead atoms. The molecule has 1 N–H and O–H groups in total. The molecule has 0 aliphatic carbocycles. The third-order valence-electron chi connectivity index (χ3n) is 2.19. The summed E-state index contributed by atoms with van der Waals surface area (Å²) in [6.07, 6.45) is 2.05. The highest BCUT2D eigenvalue weighted by Crippen LogP contribution is 2.16. The zero-order chi connectivity index (χ0) is 7.68. The van der Waals surface area contributed by atoms with Crippen molar-refractivity contribution in [2.45, 2.75) is 19.4 Å². The summed E-state index contributed by atoms with van der Waals surface area (Å²) >= 11 is 0. The van der Waals surface area contributed by atoms with E-state index in [-0.39, 0.29) is 0 Å². The molecule has 1 aliphatic rings. The standard InChI is InChI=1S/C8H13N3/c1-2-11-4-3-8(10-11)7-5-9-6-7/h3-4,7,9H,2,5-6H2,1H3. The minimum atomic E-state index is 0.669. The predicted molar refractivity (Wildman–Crippen MR) is 43.5 cm³/mol. The van der Waals surface area contributed by atoms with Crippen molar-refractivity contribution in [2.24, 2.45) is 0 Å². The molecular formula is C8H13N3. The van der Waals surface area contributed by atoms with E-state index in [0.29, 0.717) is 5.92 Å². The number of nitrogens with one attached hydrogen (secondary N) is 1. The van der Waals surface area contributed by atoms with Crippen LogP contribution in [0, 0.1) is 0 Å². The van der Waals surface area contributed by atoms with Crippen LogP contribution in [0.1, 0.15) is 18.5 Å². The zero-order valence-corrected chi connectivity index (χ0v) is 6.75. The maximum absolute atomic E-state index is 4.43. The molecule has 1 aliphatic heterocycles. The summed E-state index contributed by atoms with van der Waals surface area (Å²) in [5.74, 6) is 0.669. The van der Waals surface area contributed by atoms with Crippen molar-refractivity contribution in [3.63, 3.8) is 0 Å². The predicted octanol–water partition coefficient (Wildman–Crippen LogP) is 0.590. The van der Waals surface area contributed by atoms with Gasteiger partial charge in [-0.1, -0.05) is 0 Å². The number of rotatable bonds is 2. The lowest BCUT2D eigenvalue weighted by Crippen LogP contribution is -2.40. The van der Waals surface area contributed by atoms with Gasteiger partial charge in [0.1, 0.15) is 0 Å². The number of nitrogens with zero attached hydrogens (tertiary/aromatic N) is 2. The average Bonchev–Trinajstić information content (AvgIpc) is 2.32. The number of hydrogen-bond acceptors (Lipinski definition) is 2. The van der Waals surface area contributed by atoms with Gasteiger partial charge in [0.05, 0.1) is 5.69 Å². The van der Waals surface area contributed by atoms with Crippen LogP contribution in [0.3, 0.4) is 0 Å². The van der Waals surface area contributed by atoms with Crippen molar-refractivity contribution < 1.29 is 0 Å². The largest absolute Gasteiger partial charge is 0.315 e. The van der Waals surface area contributed by atoms with Crippen LogP contribution < -0.4 is 5.32 Å². The number of hydrogen-bond donors (Lipinski definition) is 1. The highest BCUT2D eigenvalue weighted by Gasteiger charge is 2.20. The van der Waals surface area contributed by atoms with Gasteiger partial charge < -0.3 is 5.32 Å². The summed E-state index contributed by atoms with van der Waals surface area (Å²) < 4.78 is 1.98. The van der Waals surface area contributed by atoms with Crippen LogP contribution in [0.2, 0.25) is 0 Å². The van der Waals surface area contributed by atoms with Crippen molar-refractivity contribution in [3.8, 4) is 0 Å². The first-order chi connectivity index (χ1) is 5.40. The Bertz CT molecular complexity index is 237. The fourth-order valence-electron chi connectivity index (χ4n) is 1.27. The van der Waals surface area contributed by atoms with Crippen LogP contribution in [0.5, 0.6) is 0 Å². The van der Waals surface area contributed by atoms with Crippen molar-refractivity contribution in [1.29, 1.82) is 0 Å². The molecule has 0 spiro atoms. The Morgan fingerprint density at radius 1 is 1.73 bits per heavy atom. The molecule has 0 saturated carbocycles. The summed E-state index contributed by atoms with van der Waals surface area (Å²) in [6, 6.07) is 2.12. The van der Waals surface area contributed by atoms with Crippen molar-refractivity contribution in [1.82, 2.24) is 15.1 Å². The lowest BCUT2D eigenvalue weighted by Gasteiger charge is -2.24. The van der Waals surface area contributed by atoms with Crippen molar-refractivity contribution >= 4 is 0 Å². The van der Waals surface area contributed by atoms with Crippen molar-refractivity contribution in [2.75, 3.05) is 13.1 Å². The molecule has 1 fully saturated rings. The maximum Gasteiger partial charge on any atom is 0.0680 e. The van der Waals surface area contributed by atoms with Crippen molar-refractivity contribution in [3.05, 3.63) is 18.0 Å². The lowest BCUT2D eigenvalue weighted by atomic mass is 10.0. The third kappa shape index (κ3) is 1.16. The monoisotopic (exact) mass is 151 g/mol. The van der Waals surface area contributed by atoms with Crippen LogP contribution in [-0.2, 0) is 6.54 Å². The first-order valence-corrected chi connectivity index (χ1v) is 4.14. The van der Waals surface area contributed by atoms with Gasteiger partial charge >= 0.3 is 0 Å². The fourth-order valence-corrected chi connectivity index (χ4v) is 1.27. The molecule has 0 unspecified atom stereocenters. The van der Waals surface area contributed by atoms with Crippen LogP contribution in [0.15, 0.2) is 12.3 Å². The zero-order valence-electron chi connectivity index (χ0n) is 6.75. The van der Waals surface area contributed by atoms with E-state index >= 15 is 0 Å². The van der Waals surface area contributed by atoms with Crippen LogP contribution in [0.4, 0.5) is 0 Å². The Morgan fingerprint density at radius 3 is 3.00 bits per heavy atom. The van der Waals surface area contributed by atoms with E-state index in [1.54, 1.807) is 0 Å². The van der Waals surface area contributed by atoms with Crippen LogP contribution in [-0.4, -0.2) is 22.9 Å². The normalized spacial score (nSPS) is 18.3. The molecular weight excluding hydrogens is 138 g/mol. The molecule has 3 nitrogen and oxygen atoms in total. The van der Waals surface area contributed by atoms with E-state index in [1.807, 2.05) is 10.9 Å². The van der Waals surface area contributed by atoms with Gasteiger partial charge in [0.2, 0.25) is 0 Å². The van der Waals surface area contributed by atoms with Gasteiger partial charge in [-0.2, -0.15) is 5.10 Å². The smallest absolute Gasteiger partial charge is 0.0680 e. The molecule has 1 aromatic heterocycles. The minimum Gasteiger partial charge on any atom is -0.315 e. The first-order valence-electron chi connectivity index (χ1n) is 4.14. The van der Waals surface area contributed by atoms with Crippen LogP contribution >= 0.6 is 0 Å². The average molecular weight is 151 g/mol. The summed E-state index contributed by atoms with van der Waals surface area (Å²) in [7, 11) is 0. The highest BCUT2D eigenvalue weighted by atomic mass is 15.3. The highest BCUT2D eigenvalue weighted by molar-refractivity contribution is 5.11. The second-order valence-corrected chi connectivity index (χ2v) is 2.95. The molecule has 0 amide bonds. The summed E-state index contributed by atoms with van der Waals surface area (Å²) in [4.78, 5) is 0. The number of aryl methyl sites for hydroxylation is 1. The number of aromatic nitrogens is 2. The van der Waals surface area contributed by atoms with E-state index in [2.05, 4.69) is 23.4 Å². The van der Waals surface area contributed by atoms with E-state index in [1.165, 1.54) is 5.69 Å². The fraction of sp³-hybridized carbons (Fsp3) is 0.625. The second kappa shape index (κ2) is 2.66. The SMILES string of the molecule is CCn1ccc(C2CNC2)n1. The summed E-state index contributed by atoms with van der Waals surface area (Å²) in [5, 5.41) is 7.67. The molecule has 11 heavy (non-hydrogen) atoms. The molecule has 2 rings (SSSR count). The van der Waals surface area contributed by atoms with Gasteiger partial charge in [-0.25, -0.2) is 0 Å². The quantitative estimate of drug-likeness (QED) is 0.670. The molecule has 3 heteroatoms. The molecule has 2 heterocycles. The molecule has 1 aromatic rings. The molecule has 1 saturated heterocycles. The van der Waals surface area contributed by atoms with E-state index in [9.17, 15) is 0 Å². The van der Waals surface area contributed by atoms with Gasteiger partial charge in [0.25, 0.3) is 0 Å². The second-order valence-electron chi connectivity index (χ2n) is 2.95. The molecule has 60 valence electrons. The minimum absolute atomic E-state index is 0.669. The van der Waals surface area contributed by atoms with E-state index in [0.717, 1.165) is 19.6 Å². The van der Waals surface area contributed by atoms with Crippen LogP contribution in [0.25, 0.3) is 0 Å². The van der Waals surface area contributed by atoms with E-state index in [4.69, 9.17) is 0 Å². The Balaban J connectivity index is 2.11. The Hall–Kier alpha value is -0.830. The summed E-state index contributed by atoms with van der Waals surface area (Å²) in [5.41, 5.74) is 1.24. The third-order valence-corrected chi connectivity index (χ3v) is 2.19. The van der Waals surface area contributed by atoms with Gasteiger partial charge in [-0.3, -0.25) is 4.68 Å². The lowest BCUT2D eigenvalue weighted by molar-refractivity contribution is 0.434. The Kier molecular flexibility index (Phi) is 1.66. The van der Waals surface area contributed by atoms with Gasteiger partial charge in [-0.15, -0.1) is 0 Å². The first kappa shape index (κ1) is 6.85. The Labute approximate surface area is 66.4 Å². The maximum atomic E-state index is 4.43. The summed E-state index contributed by atoms with van der Waals surface area (Å²) in [6.45, 7) is 5.28.